The van der Waals surface area contributed by atoms with Crippen LogP contribution < -0.4 is 0 Å². The zero-order valence-electron chi connectivity index (χ0n) is 13.3. The maximum Gasteiger partial charge on any atom is 0.193 e. The van der Waals surface area contributed by atoms with Crippen molar-refractivity contribution in [3.63, 3.8) is 0 Å². The molecule has 0 radical (unpaired) electrons. The Balaban J connectivity index is 2.26. The molecular formula is C16H28O2Si. The topological polar surface area (TPSA) is 26.3 Å². The minimum absolute atomic E-state index is 0.0154. The molecule has 3 heteroatoms. The molecular weight excluding hydrogens is 252 g/mol. The lowest BCUT2D eigenvalue weighted by molar-refractivity contribution is -0.144. The van der Waals surface area contributed by atoms with E-state index in [1.165, 1.54) is 0 Å². The van der Waals surface area contributed by atoms with E-state index >= 15 is 0 Å². The molecule has 0 aromatic heterocycles. The second kappa shape index (κ2) is 4.29. The molecule has 2 bridgehead atoms. The number of Topliss-reactive ketones (excluding diaryl/α,β-unsaturated/α-hetero) is 1. The second-order valence-corrected chi connectivity index (χ2v) is 13.0. The van der Waals surface area contributed by atoms with E-state index < -0.39 is 8.32 Å². The first kappa shape index (κ1) is 15.0. The molecule has 0 aromatic carbocycles. The van der Waals surface area contributed by atoms with Crippen LogP contribution in [-0.2, 0) is 9.22 Å². The van der Waals surface area contributed by atoms with Gasteiger partial charge in [-0.1, -0.05) is 39.8 Å². The fraction of sp³-hybridized carbons (Fsp3) is 0.812. The zero-order valence-corrected chi connectivity index (χ0v) is 14.3. The molecule has 0 N–H and O–H groups in total. The van der Waals surface area contributed by atoms with E-state index in [2.05, 4.69) is 47.4 Å². The van der Waals surface area contributed by atoms with Crippen molar-refractivity contribution in [2.45, 2.75) is 71.2 Å². The molecule has 3 saturated carbocycles. The van der Waals surface area contributed by atoms with E-state index in [0.29, 0.717) is 5.78 Å². The number of rotatable bonds is 2. The first-order valence-electron chi connectivity index (χ1n) is 7.37. The number of carbonyl (C=O) groups is 1. The van der Waals surface area contributed by atoms with Crippen LogP contribution in [-0.4, -0.2) is 20.2 Å². The van der Waals surface area contributed by atoms with E-state index in [4.69, 9.17) is 4.43 Å². The summed E-state index contributed by atoms with van der Waals surface area (Å²) in [5.41, 5.74) is 1.12. The SMILES string of the molecule is C=C1C[C@@]2(C)CC[C@H]1C(=O)[C@H]2O[Si](C)(C)C(C)(C)C. The molecule has 0 aromatic rings. The van der Waals surface area contributed by atoms with Gasteiger partial charge in [-0.25, -0.2) is 0 Å². The van der Waals surface area contributed by atoms with E-state index in [0.717, 1.165) is 24.8 Å². The number of carbonyl (C=O) groups excluding carboxylic acids is 1. The molecule has 0 amide bonds. The minimum Gasteiger partial charge on any atom is -0.406 e. The molecule has 0 spiro atoms. The summed E-state index contributed by atoms with van der Waals surface area (Å²) in [6.07, 6.45) is 2.84. The Bertz CT molecular complexity index is 419. The molecule has 2 nitrogen and oxygen atoms in total. The number of hydrogen-bond donors (Lipinski definition) is 0. The van der Waals surface area contributed by atoms with Crippen LogP contribution in [0.5, 0.6) is 0 Å². The van der Waals surface area contributed by atoms with Crippen molar-refractivity contribution >= 4 is 14.1 Å². The average Bonchev–Trinajstić information content (AvgIpc) is 2.21. The van der Waals surface area contributed by atoms with Gasteiger partial charge in [0.15, 0.2) is 14.1 Å². The van der Waals surface area contributed by atoms with Gasteiger partial charge in [0.2, 0.25) is 0 Å². The standard InChI is InChI=1S/C16H28O2Si/c1-11-10-16(5)9-8-12(11)13(17)14(16)18-19(6,7)15(2,3)4/h12,14H,1,8-10H2,2-7H3/t12-,14-,16-/m1/s1. The minimum atomic E-state index is -1.89. The summed E-state index contributed by atoms with van der Waals surface area (Å²) in [5, 5.41) is 0.150. The van der Waals surface area contributed by atoms with Gasteiger partial charge in [0, 0.05) is 11.3 Å². The first-order valence-corrected chi connectivity index (χ1v) is 10.3. The Morgan fingerprint density at radius 1 is 1.37 bits per heavy atom. The Morgan fingerprint density at radius 3 is 2.37 bits per heavy atom. The third-order valence-electron chi connectivity index (χ3n) is 5.58. The highest BCUT2D eigenvalue weighted by molar-refractivity contribution is 6.74. The predicted octanol–water partition coefficient (Wildman–Crippen LogP) is 4.32. The van der Waals surface area contributed by atoms with Gasteiger partial charge in [0.25, 0.3) is 0 Å². The van der Waals surface area contributed by atoms with E-state index in [1.807, 2.05) is 0 Å². The Hall–Kier alpha value is -0.413. The average molecular weight is 280 g/mol. The van der Waals surface area contributed by atoms with Crippen LogP contribution in [0, 0.1) is 11.3 Å². The summed E-state index contributed by atoms with van der Waals surface area (Å²) in [5.74, 6) is 0.367. The van der Waals surface area contributed by atoms with Crippen molar-refractivity contribution < 1.29 is 9.22 Å². The Morgan fingerprint density at radius 2 is 1.95 bits per heavy atom. The predicted molar refractivity (Wildman–Crippen MR) is 81.7 cm³/mol. The van der Waals surface area contributed by atoms with E-state index in [-0.39, 0.29) is 22.5 Å². The molecule has 3 aliphatic carbocycles. The summed E-state index contributed by atoms with van der Waals surface area (Å²) < 4.78 is 6.49. The molecule has 3 aliphatic rings. The molecule has 0 heterocycles. The Labute approximate surface area is 118 Å². The maximum atomic E-state index is 12.6. The van der Waals surface area contributed by atoms with Crippen LogP contribution in [0.25, 0.3) is 0 Å². The van der Waals surface area contributed by atoms with E-state index in [9.17, 15) is 4.79 Å². The van der Waals surface area contributed by atoms with Crippen molar-refractivity contribution in [2.75, 3.05) is 0 Å². The smallest absolute Gasteiger partial charge is 0.193 e. The van der Waals surface area contributed by atoms with Crippen LogP contribution in [0.15, 0.2) is 12.2 Å². The van der Waals surface area contributed by atoms with Crippen molar-refractivity contribution in [3.05, 3.63) is 12.2 Å². The highest BCUT2D eigenvalue weighted by atomic mass is 28.4. The molecule has 0 saturated heterocycles. The zero-order chi connectivity index (χ0) is 14.6. The van der Waals surface area contributed by atoms with Gasteiger partial charge in [0.1, 0.15) is 6.10 Å². The van der Waals surface area contributed by atoms with Crippen molar-refractivity contribution in [2.24, 2.45) is 11.3 Å². The lowest BCUT2D eigenvalue weighted by Gasteiger charge is -2.53. The fourth-order valence-electron chi connectivity index (χ4n) is 3.17. The molecule has 108 valence electrons. The molecule has 3 rings (SSSR count). The van der Waals surface area contributed by atoms with Crippen LogP contribution >= 0.6 is 0 Å². The molecule has 0 unspecified atom stereocenters. The molecule has 3 atom stereocenters. The largest absolute Gasteiger partial charge is 0.406 e. The fourth-order valence-corrected chi connectivity index (χ4v) is 4.52. The van der Waals surface area contributed by atoms with Gasteiger partial charge in [-0.3, -0.25) is 4.79 Å². The highest BCUT2D eigenvalue weighted by Crippen LogP contribution is 2.53. The first-order chi connectivity index (χ1) is 8.48. The van der Waals surface area contributed by atoms with Gasteiger partial charge < -0.3 is 4.43 Å². The lowest BCUT2D eigenvalue weighted by atomic mass is 9.58. The number of hydrogen-bond acceptors (Lipinski definition) is 2. The van der Waals surface area contributed by atoms with Gasteiger partial charge in [-0.15, -0.1) is 0 Å². The van der Waals surface area contributed by atoms with Crippen molar-refractivity contribution in [3.8, 4) is 0 Å². The summed E-state index contributed by atoms with van der Waals surface area (Å²) in [6.45, 7) is 17.5. The third kappa shape index (κ3) is 2.36. The second-order valence-electron chi connectivity index (χ2n) is 8.24. The number of allylic oxidation sites excluding steroid dienone is 1. The molecule has 19 heavy (non-hydrogen) atoms. The van der Waals surface area contributed by atoms with Crippen LogP contribution in [0.3, 0.4) is 0 Å². The quantitative estimate of drug-likeness (QED) is 0.556. The van der Waals surface area contributed by atoms with Crippen LogP contribution in [0.1, 0.15) is 47.0 Å². The van der Waals surface area contributed by atoms with Crippen LogP contribution in [0.4, 0.5) is 0 Å². The van der Waals surface area contributed by atoms with Gasteiger partial charge in [-0.05, 0) is 37.4 Å². The van der Waals surface area contributed by atoms with Crippen molar-refractivity contribution in [1.29, 1.82) is 0 Å². The van der Waals surface area contributed by atoms with Gasteiger partial charge >= 0.3 is 0 Å². The third-order valence-corrected chi connectivity index (χ3v) is 10.0. The summed E-state index contributed by atoms with van der Waals surface area (Å²) in [6, 6.07) is 0. The van der Waals surface area contributed by atoms with Crippen LogP contribution in [0.2, 0.25) is 18.1 Å². The Kier molecular flexibility index (Phi) is 3.38. The number of ketones is 1. The monoisotopic (exact) mass is 280 g/mol. The highest BCUT2D eigenvalue weighted by Gasteiger charge is 2.55. The molecule has 0 aliphatic heterocycles. The van der Waals surface area contributed by atoms with Crippen molar-refractivity contribution in [1.82, 2.24) is 0 Å². The maximum absolute atomic E-state index is 12.6. The van der Waals surface area contributed by atoms with E-state index in [1.54, 1.807) is 0 Å². The summed E-state index contributed by atoms with van der Waals surface area (Å²) in [4.78, 5) is 12.6. The number of fused-ring (bicyclic) bond motifs is 3. The van der Waals surface area contributed by atoms with Gasteiger partial charge in [-0.2, -0.15) is 0 Å². The summed E-state index contributed by atoms with van der Waals surface area (Å²) in [7, 11) is -1.89. The van der Waals surface area contributed by atoms with Gasteiger partial charge in [0.05, 0.1) is 0 Å². The summed E-state index contributed by atoms with van der Waals surface area (Å²) >= 11 is 0. The lowest BCUT2D eigenvalue weighted by Crippen LogP contribution is -2.58. The normalized spacial score (nSPS) is 35.9. The molecule has 3 fully saturated rings.